The van der Waals surface area contributed by atoms with Crippen molar-refractivity contribution in [1.82, 2.24) is 10.0 Å². The Hall–Kier alpha value is -3.80. The van der Waals surface area contributed by atoms with Gasteiger partial charge in [-0.1, -0.05) is 6.07 Å². The lowest BCUT2D eigenvalue weighted by atomic mass is 10.3. The van der Waals surface area contributed by atoms with Crippen LogP contribution < -0.4 is 20.3 Å². The molecule has 1 heterocycles. The van der Waals surface area contributed by atoms with Crippen molar-refractivity contribution in [2.24, 2.45) is 5.73 Å². The SMILES string of the molecule is NC(=O)N/C(=C\C(=O)NS(=O)(=O)c1ccc([N+](=O)[O-])cc1)[n+]1ccccc1. The largest absolute Gasteiger partial charge is 0.404 e. The molecule has 0 fully saturated rings. The molecule has 0 aliphatic rings. The maximum absolute atomic E-state index is 12.2. The molecule has 0 spiro atoms. The van der Waals surface area contributed by atoms with Gasteiger partial charge < -0.3 is 5.73 Å². The van der Waals surface area contributed by atoms with Gasteiger partial charge in [-0.3, -0.25) is 14.9 Å². The molecule has 4 N–H and O–H groups in total. The molecule has 0 unspecified atom stereocenters. The summed E-state index contributed by atoms with van der Waals surface area (Å²) < 4.78 is 27.5. The summed E-state index contributed by atoms with van der Waals surface area (Å²) in [5.41, 5.74) is 4.76. The number of carbonyl (C=O) groups is 2. The predicted octanol–water partition coefficient (Wildman–Crippen LogP) is -0.146. The zero-order chi connectivity index (χ0) is 20.0. The summed E-state index contributed by atoms with van der Waals surface area (Å²) in [7, 11) is -4.28. The van der Waals surface area contributed by atoms with E-state index in [0.717, 1.165) is 30.3 Å². The number of nitrogens with one attached hydrogen (secondary N) is 2. The summed E-state index contributed by atoms with van der Waals surface area (Å²) in [4.78, 5) is 32.8. The molecule has 12 heteroatoms. The Morgan fingerprint density at radius 2 is 1.70 bits per heavy atom. The molecule has 2 rings (SSSR count). The molecular formula is C15H14N5O6S+. The molecule has 0 aliphatic heterocycles. The van der Waals surface area contributed by atoms with Gasteiger partial charge in [-0.25, -0.2) is 22.5 Å². The van der Waals surface area contributed by atoms with Crippen LogP contribution in [0.4, 0.5) is 10.5 Å². The van der Waals surface area contributed by atoms with Crippen LogP contribution in [0.5, 0.6) is 0 Å². The molecule has 140 valence electrons. The van der Waals surface area contributed by atoms with E-state index in [0.29, 0.717) is 0 Å². The Balaban J connectivity index is 2.25. The molecule has 0 aliphatic carbocycles. The van der Waals surface area contributed by atoms with Crippen LogP contribution in [0.1, 0.15) is 0 Å². The summed E-state index contributed by atoms with van der Waals surface area (Å²) in [6.07, 6.45) is 3.83. The van der Waals surface area contributed by atoms with Crippen molar-refractivity contribution in [3.63, 3.8) is 0 Å². The number of pyridine rings is 1. The number of nitro benzene ring substituents is 1. The van der Waals surface area contributed by atoms with E-state index in [-0.39, 0.29) is 16.4 Å². The third kappa shape index (κ3) is 5.34. The van der Waals surface area contributed by atoms with E-state index in [4.69, 9.17) is 5.73 Å². The van der Waals surface area contributed by atoms with Crippen LogP contribution >= 0.6 is 0 Å². The van der Waals surface area contributed by atoms with Gasteiger partial charge in [-0.15, -0.1) is 0 Å². The number of nitrogens with zero attached hydrogens (tertiary/aromatic N) is 2. The summed E-state index contributed by atoms with van der Waals surface area (Å²) in [6.45, 7) is 0. The Kier molecular flexibility index (Phi) is 5.82. The van der Waals surface area contributed by atoms with Gasteiger partial charge in [0.15, 0.2) is 0 Å². The van der Waals surface area contributed by atoms with E-state index >= 15 is 0 Å². The third-order valence-electron chi connectivity index (χ3n) is 3.11. The maximum atomic E-state index is 12.2. The van der Waals surface area contributed by atoms with Crippen molar-refractivity contribution in [1.29, 1.82) is 0 Å². The number of nitro groups is 1. The van der Waals surface area contributed by atoms with E-state index in [2.05, 4.69) is 5.32 Å². The van der Waals surface area contributed by atoms with Gasteiger partial charge in [0.2, 0.25) is 0 Å². The normalized spacial score (nSPS) is 11.5. The van der Waals surface area contributed by atoms with E-state index in [1.165, 1.54) is 17.0 Å². The molecule has 1 aromatic heterocycles. The summed E-state index contributed by atoms with van der Waals surface area (Å²) in [5, 5.41) is 12.8. The molecule has 0 bridgehead atoms. The molecule has 0 radical (unpaired) electrons. The zero-order valence-corrected chi connectivity index (χ0v) is 14.4. The van der Waals surface area contributed by atoms with Crippen LogP contribution in [0.3, 0.4) is 0 Å². The average Bonchev–Trinajstić information content (AvgIpc) is 2.61. The molecule has 11 nitrogen and oxygen atoms in total. The summed E-state index contributed by atoms with van der Waals surface area (Å²) in [6, 6.07) is 7.94. The van der Waals surface area contributed by atoms with Crippen LogP contribution in [-0.4, -0.2) is 25.3 Å². The first-order valence-corrected chi connectivity index (χ1v) is 8.73. The Bertz CT molecular complexity index is 1000. The number of hydrogen-bond donors (Lipinski definition) is 3. The van der Waals surface area contributed by atoms with Gasteiger partial charge in [0.25, 0.3) is 27.4 Å². The van der Waals surface area contributed by atoms with Gasteiger partial charge in [0.1, 0.15) is 0 Å². The highest BCUT2D eigenvalue weighted by Gasteiger charge is 2.20. The first-order valence-electron chi connectivity index (χ1n) is 7.25. The van der Waals surface area contributed by atoms with Crippen LogP contribution in [0.25, 0.3) is 5.82 Å². The minimum absolute atomic E-state index is 0.0838. The van der Waals surface area contributed by atoms with E-state index in [9.17, 15) is 28.1 Å². The van der Waals surface area contributed by atoms with Gasteiger partial charge in [0, 0.05) is 12.1 Å². The lowest BCUT2D eigenvalue weighted by molar-refractivity contribution is -0.584. The first-order chi connectivity index (χ1) is 12.7. The highest BCUT2D eigenvalue weighted by Crippen LogP contribution is 2.15. The van der Waals surface area contributed by atoms with Crippen molar-refractivity contribution in [2.45, 2.75) is 4.90 Å². The van der Waals surface area contributed by atoms with Crippen molar-refractivity contribution in [3.05, 3.63) is 71.0 Å². The quantitative estimate of drug-likeness (QED) is 0.268. The number of benzene rings is 1. The van der Waals surface area contributed by atoms with Crippen molar-refractivity contribution in [2.75, 3.05) is 0 Å². The number of non-ortho nitro benzene ring substituents is 1. The monoisotopic (exact) mass is 392 g/mol. The minimum atomic E-state index is -4.28. The first kappa shape index (κ1) is 19.5. The van der Waals surface area contributed by atoms with E-state index in [1.807, 2.05) is 0 Å². The average molecular weight is 392 g/mol. The van der Waals surface area contributed by atoms with Gasteiger partial charge in [0.05, 0.1) is 28.3 Å². The predicted molar refractivity (Wildman–Crippen MR) is 92.1 cm³/mol. The minimum Gasteiger partial charge on any atom is -0.331 e. The lowest BCUT2D eigenvalue weighted by Crippen LogP contribution is -2.44. The Labute approximate surface area is 153 Å². The smallest absolute Gasteiger partial charge is 0.331 e. The molecule has 1 aromatic carbocycles. The highest BCUT2D eigenvalue weighted by molar-refractivity contribution is 7.90. The van der Waals surface area contributed by atoms with Crippen LogP contribution in [0.2, 0.25) is 0 Å². The number of primary amides is 1. The molecule has 0 saturated carbocycles. The van der Waals surface area contributed by atoms with E-state index < -0.39 is 26.9 Å². The Morgan fingerprint density at radius 1 is 1.11 bits per heavy atom. The highest BCUT2D eigenvalue weighted by atomic mass is 32.2. The van der Waals surface area contributed by atoms with Crippen molar-refractivity contribution < 1.29 is 27.5 Å². The molecule has 2 aromatic rings. The summed E-state index contributed by atoms with van der Waals surface area (Å²) in [5.74, 6) is -1.15. The second-order valence-corrected chi connectivity index (χ2v) is 6.70. The number of rotatable bonds is 6. The molecular weight excluding hydrogens is 378 g/mol. The number of hydrogen-bond acceptors (Lipinski definition) is 6. The number of amides is 3. The number of carbonyl (C=O) groups excluding carboxylic acids is 2. The third-order valence-corrected chi connectivity index (χ3v) is 4.47. The van der Waals surface area contributed by atoms with Gasteiger partial charge in [-0.2, -0.15) is 5.32 Å². The van der Waals surface area contributed by atoms with Gasteiger partial charge in [-0.05, 0) is 24.3 Å². The van der Waals surface area contributed by atoms with Crippen LogP contribution in [-0.2, 0) is 14.8 Å². The second-order valence-electron chi connectivity index (χ2n) is 5.02. The second kappa shape index (κ2) is 8.05. The molecule has 27 heavy (non-hydrogen) atoms. The van der Waals surface area contributed by atoms with Crippen molar-refractivity contribution in [3.8, 4) is 0 Å². The zero-order valence-electron chi connectivity index (χ0n) is 13.6. The summed E-state index contributed by atoms with van der Waals surface area (Å²) >= 11 is 0. The molecule has 3 amide bonds. The standard InChI is InChI=1S/C15H13N5O6S/c16-15(22)17-13(19-8-2-1-3-9-19)10-14(21)18-27(25,26)12-6-4-11(5-7-12)20(23)24/h1-10H,(H3-,16,17,18,21,22)/p+1. The fraction of sp³-hybridized carbons (Fsp3) is 0. The van der Waals surface area contributed by atoms with Gasteiger partial charge >= 0.3 is 6.03 Å². The lowest BCUT2D eigenvalue weighted by Gasteiger charge is -2.05. The topological polar surface area (TPSA) is 165 Å². The number of nitrogens with two attached hydrogens (primary N) is 1. The van der Waals surface area contributed by atoms with Crippen LogP contribution in [0, 0.1) is 10.1 Å². The Morgan fingerprint density at radius 3 is 2.22 bits per heavy atom. The van der Waals surface area contributed by atoms with Crippen LogP contribution in [0.15, 0.2) is 65.8 Å². The fourth-order valence-electron chi connectivity index (χ4n) is 1.95. The maximum Gasteiger partial charge on any atom is 0.404 e. The van der Waals surface area contributed by atoms with Crippen molar-refractivity contribution >= 4 is 33.5 Å². The molecule has 0 atom stereocenters. The fourth-order valence-corrected chi connectivity index (χ4v) is 2.89. The van der Waals surface area contributed by atoms with E-state index in [1.54, 1.807) is 22.9 Å². The number of aromatic nitrogens is 1. The number of sulfonamides is 1. The number of urea groups is 1. The molecule has 0 saturated heterocycles.